The summed E-state index contributed by atoms with van der Waals surface area (Å²) >= 11 is 0. The second-order valence-electron chi connectivity index (χ2n) is 14.5. The van der Waals surface area contributed by atoms with E-state index in [1.165, 1.54) is 41.5 Å². The van der Waals surface area contributed by atoms with Crippen LogP contribution in [0.25, 0.3) is 0 Å². The van der Waals surface area contributed by atoms with Crippen molar-refractivity contribution in [3.8, 4) is 0 Å². The molecule has 4 fully saturated rings. The Balaban J connectivity index is 1.22. The molecule has 6 aliphatic heterocycles. The Hall–Kier alpha value is -4.44. The molecule has 0 saturated carbocycles. The predicted octanol–water partition coefficient (Wildman–Crippen LogP) is 1.09. The molecule has 0 aromatic rings. The van der Waals surface area contributed by atoms with Crippen LogP contribution in [-0.2, 0) is 47.7 Å². The van der Waals surface area contributed by atoms with Gasteiger partial charge in [-0.05, 0) is 41.5 Å². The van der Waals surface area contributed by atoms with Crippen LogP contribution in [0.1, 0.15) is 54.4 Å². The zero-order valence-electron chi connectivity index (χ0n) is 27.4. The van der Waals surface area contributed by atoms with Gasteiger partial charge in [0.2, 0.25) is 23.6 Å². The first kappa shape index (κ1) is 33.5. The van der Waals surface area contributed by atoms with Crippen LogP contribution in [0, 0.1) is 23.7 Å². The van der Waals surface area contributed by atoms with Crippen LogP contribution in [-0.4, -0.2) is 116 Å². The van der Waals surface area contributed by atoms with Gasteiger partial charge in [-0.1, -0.05) is 24.3 Å². The number of hydrogen-bond donors (Lipinski definition) is 0. The van der Waals surface area contributed by atoms with Crippen LogP contribution in [0.2, 0.25) is 0 Å². The fourth-order valence-corrected chi connectivity index (χ4v) is 7.00. The first-order chi connectivity index (χ1) is 22.4. The first-order valence-electron chi connectivity index (χ1n) is 15.9. The van der Waals surface area contributed by atoms with Gasteiger partial charge in [0, 0.05) is 25.9 Å². The van der Waals surface area contributed by atoms with Crippen molar-refractivity contribution in [2.45, 2.75) is 90.0 Å². The monoisotopic (exact) mass is 670 g/mol. The first-order valence-corrected chi connectivity index (χ1v) is 15.9. The van der Waals surface area contributed by atoms with Crippen molar-refractivity contribution in [1.29, 1.82) is 0 Å². The van der Waals surface area contributed by atoms with Crippen molar-refractivity contribution in [3.05, 3.63) is 24.3 Å². The second-order valence-corrected chi connectivity index (χ2v) is 14.5. The molecule has 0 N–H and O–H groups in total. The summed E-state index contributed by atoms with van der Waals surface area (Å²) in [6.45, 7) is 8.13. The van der Waals surface area contributed by atoms with Crippen LogP contribution < -0.4 is 0 Å². The molecule has 4 bridgehead atoms. The van der Waals surface area contributed by atoms with Crippen molar-refractivity contribution in [1.82, 2.24) is 19.8 Å². The Labute approximate surface area is 275 Å². The number of fused-ring (bicyclic) bond motifs is 10. The topological polar surface area (TPSA) is 186 Å². The molecule has 4 saturated heterocycles. The summed E-state index contributed by atoms with van der Waals surface area (Å²) in [4.78, 5) is 109. The zero-order valence-corrected chi connectivity index (χ0v) is 27.4. The molecule has 7 unspecified atom stereocenters. The molecule has 6 rings (SSSR count). The Bertz CT molecular complexity index is 1380. The highest BCUT2D eigenvalue weighted by Gasteiger charge is 2.62. The number of imide groups is 4. The summed E-state index contributed by atoms with van der Waals surface area (Å²) in [6.07, 6.45) is 0.523. The smallest absolute Gasteiger partial charge is 0.437 e. The van der Waals surface area contributed by atoms with E-state index in [9.17, 15) is 38.4 Å². The Morgan fingerprint density at radius 3 is 1.10 bits per heavy atom. The van der Waals surface area contributed by atoms with E-state index >= 15 is 0 Å². The summed E-state index contributed by atoms with van der Waals surface area (Å²) in [6, 6.07) is 0. The minimum absolute atomic E-state index is 0.183. The van der Waals surface area contributed by atoms with Crippen LogP contribution in [0.5, 0.6) is 0 Å². The number of likely N-dealkylation sites (tertiary alicyclic amines) is 2. The van der Waals surface area contributed by atoms with Crippen molar-refractivity contribution in [3.63, 3.8) is 0 Å². The summed E-state index contributed by atoms with van der Waals surface area (Å²) < 4.78 is 22.0. The molecular formula is C32H38N4O12. The quantitative estimate of drug-likeness (QED) is 0.223. The van der Waals surface area contributed by atoms with Gasteiger partial charge < -0.3 is 18.9 Å². The average Bonchev–Trinajstić information content (AvgIpc) is 3.81. The maximum absolute atomic E-state index is 13.8. The van der Waals surface area contributed by atoms with Gasteiger partial charge in [0.25, 0.3) is 11.8 Å². The fourth-order valence-electron chi connectivity index (χ4n) is 7.00. The van der Waals surface area contributed by atoms with Gasteiger partial charge in [0.05, 0.1) is 48.1 Å². The van der Waals surface area contributed by atoms with Crippen molar-refractivity contribution >= 4 is 47.6 Å². The van der Waals surface area contributed by atoms with E-state index < -0.39 is 133 Å². The molecule has 6 heterocycles. The molecule has 8 amide bonds. The van der Waals surface area contributed by atoms with Gasteiger partial charge in [-0.15, -0.1) is 10.0 Å². The average molecular weight is 671 g/mol. The van der Waals surface area contributed by atoms with Crippen LogP contribution in [0.4, 0.5) is 9.59 Å². The number of ether oxygens (including phenoxy) is 4. The Morgan fingerprint density at radius 1 is 0.583 bits per heavy atom. The molecule has 0 spiro atoms. The van der Waals surface area contributed by atoms with E-state index in [4.69, 9.17) is 18.9 Å². The summed E-state index contributed by atoms with van der Waals surface area (Å²) in [5.74, 6) is -7.32. The van der Waals surface area contributed by atoms with Gasteiger partial charge in [-0.3, -0.25) is 38.6 Å². The maximum Gasteiger partial charge on any atom is 0.437 e. The molecule has 0 aromatic carbocycles. The Morgan fingerprint density at radius 2 is 0.854 bits per heavy atom. The van der Waals surface area contributed by atoms with Crippen LogP contribution >= 0.6 is 0 Å². The lowest BCUT2D eigenvalue weighted by Crippen LogP contribution is -2.58. The third-order valence-electron chi connectivity index (χ3n) is 8.91. The normalized spacial score (nSPS) is 31.1. The molecule has 8 atom stereocenters. The van der Waals surface area contributed by atoms with Gasteiger partial charge in [-0.25, -0.2) is 9.59 Å². The van der Waals surface area contributed by atoms with Crippen LogP contribution in [0.15, 0.2) is 24.3 Å². The summed E-state index contributed by atoms with van der Waals surface area (Å²) in [5.41, 5.74) is -2.38. The van der Waals surface area contributed by atoms with Crippen molar-refractivity contribution < 1.29 is 57.3 Å². The minimum atomic E-state index is -1.40. The number of nitrogens with zero attached hydrogens (tertiary/aromatic N) is 4. The number of carbonyl (C=O) groups is 8. The van der Waals surface area contributed by atoms with E-state index in [2.05, 4.69) is 0 Å². The van der Waals surface area contributed by atoms with Crippen molar-refractivity contribution in [2.75, 3.05) is 13.1 Å². The summed E-state index contributed by atoms with van der Waals surface area (Å²) in [5, 5.41) is 0.366. The largest absolute Gasteiger partial charge is 0.442 e. The Kier molecular flexibility index (Phi) is 8.10. The van der Waals surface area contributed by atoms with Gasteiger partial charge >= 0.3 is 12.2 Å². The third-order valence-corrected chi connectivity index (χ3v) is 8.91. The number of amides is 8. The number of hydrazine groups is 1. The lowest BCUT2D eigenvalue weighted by atomic mass is 9.85. The summed E-state index contributed by atoms with van der Waals surface area (Å²) in [7, 11) is 0. The second kappa shape index (κ2) is 11.6. The molecule has 0 aromatic heterocycles. The molecule has 6 aliphatic rings. The lowest BCUT2D eigenvalue weighted by Gasteiger charge is -2.34. The molecule has 0 radical (unpaired) electrons. The number of carbonyl (C=O) groups excluding carboxylic acids is 8. The molecule has 0 aliphatic carbocycles. The number of hydrogen-bond acceptors (Lipinski definition) is 12. The highest BCUT2D eigenvalue weighted by Crippen LogP contribution is 2.46. The van der Waals surface area contributed by atoms with Crippen molar-refractivity contribution in [2.24, 2.45) is 23.7 Å². The van der Waals surface area contributed by atoms with Gasteiger partial charge in [-0.2, -0.15) is 0 Å². The SMILES string of the molecule is CC(C)(C)OC(=O)N(C(=O)CCN1C(=O)C2C3C=CC(O3)C2C1=O)N(C(=O)CCN1C(=O)C2C3C=CC(O3)[C@H]2C1=O)C(=O)OC(C)(C)C. The molecule has 48 heavy (non-hydrogen) atoms. The van der Waals surface area contributed by atoms with E-state index in [1.54, 1.807) is 24.3 Å². The van der Waals surface area contributed by atoms with Gasteiger partial charge in [0.15, 0.2) is 0 Å². The van der Waals surface area contributed by atoms with Gasteiger partial charge in [0.1, 0.15) is 11.2 Å². The highest BCUT2D eigenvalue weighted by atomic mass is 16.6. The molecule has 258 valence electrons. The lowest BCUT2D eigenvalue weighted by molar-refractivity contribution is -0.160. The highest BCUT2D eigenvalue weighted by molar-refractivity contribution is 6.08. The van der Waals surface area contributed by atoms with E-state index in [1.807, 2.05) is 0 Å². The minimum Gasteiger partial charge on any atom is -0.442 e. The molecule has 16 nitrogen and oxygen atoms in total. The molecule has 16 heteroatoms. The zero-order chi connectivity index (χ0) is 35.0. The fraction of sp³-hybridized carbons (Fsp3) is 0.625. The number of rotatable bonds is 6. The molecular weight excluding hydrogens is 632 g/mol. The predicted molar refractivity (Wildman–Crippen MR) is 158 cm³/mol. The standard InChI is InChI=1S/C32H38N4O12/c1-31(2,3)47-29(43)35(19(37)11-13-33-25(39)21-15-7-8-16(45-15)22(21)26(33)40)36(30(44)48-32(4,5)6)20(38)12-14-34-27(41)23-17-9-10-18(46-17)24(23)28(34)42/h7-10,15-18,21-24H,11-14H2,1-6H3/t15?,16?,17?,18?,21-,22?,23?,24?/m1/s1. The maximum atomic E-state index is 13.8. The third kappa shape index (κ3) is 5.70. The van der Waals surface area contributed by atoms with E-state index in [0.29, 0.717) is 0 Å². The van der Waals surface area contributed by atoms with E-state index in [-0.39, 0.29) is 10.0 Å². The van der Waals surface area contributed by atoms with Crippen LogP contribution in [0.3, 0.4) is 0 Å². The van der Waals surface area contributed by atoms with E-state index in [0.717, 1.165) is 9.80 Å².